The lowest BCUT2D eigenvalue weighted by molar-refractivity contribution is 0.415. The molecular formula is C56H34N2O2S3. The van der Waals surface area contributed by atoms with E-state index in [1.165, 1.54) is 40.3 Å². The molecule has 9 aromatic carbocycles. The molecule has 0 N–H and O–H groups in total. The van der Waals surface area contributed by atoms with Gasteiger partial charge < -0.3 is 9.47 Å². The van der Waals surface area contributed by atoms with Gasteiger partial charge in [-0.2, -0.15) is 0 Å². The number of nitrogens with zero attached hydrogens (tertiary/aromatic N) is 2. The van der Waals surface area contributed by atoms with Crippen LogP contribution in [0.2, 0.25) is 0 Å². The molecule has 0 aliphatic heterocycles. The van der Waals surface area contributed by atoms with Crippen LogP contribution in [0.1, 0.15) is 0 Å². The number of hydrogen-bond donors (Lipinski definition) is 0. The molecule has 0 radical (unpaired) electrons. The summed E-state index contributed by atoms with van der Waals surface area (Å²) in [6.07, 6.45) is 0. The van der Waals surface area contributed by atoms with Crippen molar-refractivity contribution in [2.45, 2.75) is 0 Å². The van der Waals surface area contributed by atoms with Crippen LogP contribution in [0.3, 0.4) is 0 Å². The Morgan fingerprint density at radius 1 is 0.302 bits per heavy atom. The van der Waals surface area contributed by atoms with Gasteiger partial charge in [-0.15, -0.1) is 34.0 Å². The van der Waals surface area contributed by atoms with E-state index in [1.54, 1.807) is 25.6 Å². The van der Waals surface area contributed by atoms with Crippen LogP contribution >= 0.6 is 34.0 Å². The first-order valence-corrected chi connectivity index (χ1v) is 23.3. The summed E-state index contributed by atoms with van der Waals surface area (Å²) in [5.74, 6) is 1.66. The molecule has 0 saturated carbocycles. The van der Waals surface area contributed by atoms with Crippen LogP contribution in [-0.2, 0) is 0 Å². The number of methoxy groups -OCH3 is 2. The number of ether oxygens (including phenoxy) is 2. The monoisotopic (exact) mass is 862 g/mol. The maximum Gasteiger partial charge on any atom is 0.118 e. The number of benzene rings is 9. The Morgan fingerprint density at radius 3 is 1.13 bits per heavy atom. The molecule has 4 aromatic heterocycles. The highest BCUT2D eigenvalue weighted by Crippen LogP contribution is 2.48. The number of hydrogen-bond acceptors (Lipinski definition) is 7. The van der Waals surface area contributed by atoms with Crippen molar-refractivity contribution in [3.8, 4) is 54.6 Å². The Hall–Kier alpha value is -7.16. The van der Waals surface area contributed by atoms with Crippen LogP contribution in [0, 0.1) is 0 Å². The zero-order chi connectivity index (χ0) is 41.8. The van der Waals surface area contributed by atoms with E-state index >= 15 is 0 Å². The molecule has 298 valence electrons. The van der Waals surface area contributed by atoms with E-state index < -0.39 is 0 Å². The third-order valence-electron chi connectivity index (χ3n) is 12.5. The van der Waals surface area contributed by atoms with Crippen LogP contribution in [0.15, 0.2) is 170 Å². The zero-order valence-corrected chi connectivity index (χ0v) is 36.6. The summed E-state index contributed by atoms with van der Waals surface area (Å²) in [4.78, 5) is 13.9. The minimum Gasteiger partial charge on any atom is -0.497 e. The summed E-state index contributed by atoms with van der Waals surface area (Å²) in [7, 11) is 3.41. The molecule has 0 aliphatic rings. The second-order valence-electron chi connectivity index (χ2n) is 16.0. The second-order valence-corrected chi connectivity index (χ2v) is 19.2. The number of thiophene rings is 3. The van der Waals surface area contributed by atoms with Crippen LogP contribution in [0.5, 0.6) is 11.5 Å². The molecule has 4 heterocycles. The van der Waals surface area contributed by atoms with E-state index in [0.717, 1.165) is 98.2 Å². The Kier molecular flexibility index (Phi) is 8.22. The van der Waals surface area contributed by atoms with Gasteiger partial charge in [0.15, 0.2) is 0 Å². The Balaban J connectivity index is 1.13. The SMILES string of the molecule is COc1ccc(-c2ccc3c4ccc(-c5ccc(OC)cc5)cc4c4nc5c(-c6ccc7sc8ccccc8c7c6)sc(-c6ccc7sc8ccccc8c7c6)c5nc4c3c2)cc1. The molecule has 0 spiro atoms. The van der Waals surface area contributed by atoms with Crippen molar-refractivity contribution in [3.05, 3.63) is 170 Å². The summed E-state index contributed by atoms with van der Waals surface area (Å²) >= 11 is 5.49. The molecule has 0 amide bonds. The lowest BCUT2D eigenvalue weighted by Gasteiger charge is -2.13. The molecule has 13 aromatic rings. The largest absolute Gasteiger partial charge is 0.497 e. The van der Waals surface area contributed by atoms with Crippen molar-refractivity contribution in [3.63, 3.8) is 0 Å². The minimum absolute atomic E-state index is 0.831. The summed E-state index contributed by atoms with van der Waals surface area (Å²) < 4.78 is 16.2. The van der Waals surface area contributed by atoms with E-state index in [9.17, 15) is 0 Å². The first-order chi connectivity index (χ1) is 31.1. The molecule has 13 rings (SSSR count). The predicted molar refractivity (Wildman–Crippen MR) is 271 cm³/mol. The van der Waals surface area contributed by atoms with Crippen molar-refractivity contribution in [2.75, 3.05) is 14.2 Å². The molecule has 0 atom stereocenters. The summed E-state index contributed by atoms with van der Waals surface area (Å²) in [6, 6.07) is 61.4. The Morgan fingerprint density at radius 2 is 0.683 bits per heavy atom. The average Bonchev–Trinajstić information content (AvgIpc) is 4.04. The molecule has 63 heavy (non-hydrogen) atoms. The van der Waals surface area contributed by atoms with Gasteiger partial charge in [0.2, 0.25) is 0 Å². The van der Waals surface area contributed by atoms with Gasteiger partial charge in [0.25, 0.3) is 0 Å². The standard InChI is InChI=1S/C56H34N2O2S3/c1-59-37-19-11-31(12-20-37)33-15-23-39-40-24-16-34(32-13-21-38(60-2)22-14-32)28-46(40)52-51(45(39)27-33)57-53-54(58-52)56(36-18-26-50-44(30-36)42-8-4-6-10-48(42)62-50)63-55(53)35-17-25-49-43(29-35)41-7-3-5-9-47(41)61-49/h3-30H,1-2H3. The smallest absolute Gasteiger partial charge is 0.118 e. The van der Waals surface area contributed by atoms with Gasteiger partial charge in [0.1, 0.15) is 22.5 Å². The fourth-order valence-electron chi connectivity index (χ4n) is 9.33. The molecule has 0 aliphatic carbocycles. The minimum atomic E-state index is 0.831. The lowest BCUT2D eigenvalue weighted by Crippen LogP contribution is -1.93. The molecule has 0 unspecified atom stereocenters. The van der Waals surface area contributed by atoms with E-state index in [0.29, 0.717) is 0 Å². The number of aromatic nitrogens is 2. The number of rotatable bonds is 6. The normalized spacial score (nSPS) is 12.0. The Labute approximate surface area is 373 Å². The van der Waals surface area contributed by atoms with Crippen molar-refractivity contribution >= 4 is 118 Å². The summed E-state index contributed by atoms with van der Waals surface area (Å²) in [5, 5.41) is 9.52. The fourth-order valence-corrected chi connectivity index (χ4v) is 12.7. The zero-order valence-electron chi connectivity index (χ0n) is 34.1. The average molecular weight is 863 g/mol. The highest BCUT2D eigenvalue weighted by molar-refractivity contribution is 7.26. The van der Waals surface area contributed by atoms with Gasteiger partial charge >= 0.3 is 0 Å². The van der Waals surface area contributed by atoms with E-state index in [4.69, 9.17) is 19.4 Å². The third kappa shape index (κ3) is 5.77. The first-order valence-electron chi connectivity index (χ1n) is 20.8. The van der Waals surface area contributed by atoms with Gasteiger partial charge in [-0.05, 0) is 117 Å². The van der Waals surface area contributed by atoms with Crippen molar-refractivity contribution in [1.29, 1.82) is 0 Å². The van der Waals surface area contributed by atoms with E-state index in [2.05, 4.69) is 146 Å². The summed E-state index contributed by atoms with van der Waals surface area (Å²) in [6.45, 7) is 0. The predicted octanol–water partition coefficient (Wildman–Crippen LogP) is 16.6. The molecule has 0 fully saturated rings. The van der Waals surface area contributed by atoms with E-state index in [-0.39, 0.29) is 0 Å². The van der Waals surface area contributed by atoms with Gasteiger partial charge in [-0.3, -0.25) is 0 Å². The highest BCUT2D eigenvalue weighted by Gasteiger charge is 2.23. The van der Waals surface area contributed by atoms with Crippen LogP contribution in [-0.4, -0.2) is 24.2 Å². The maximum atomic E-state index is 5.81. The molecule has 0 saturated heterocycles. The quantitative estimate of drug-likeness (QED) is 0.156. The van der Waals surface area contributed by atoms with Crippen molar-refractivity contribution in [1.82, 2.24) is 9.97 Å². The van der Waals surface area contributed by atoms with Crippen LogP contribution < -0.4 is 9.47 Å². The second kappa shape index (κ2) is 14.2. The lowest BCUT2D eigenvalue weighted by atomic mass is 9.93. The van der Waals surface area contributed by atoms with Gasteiger partial charge in [-0.1, -0.05) is 97.1 Å². The van der Waals surface area contributed by atoms with Crippen LogP contribution in [0.4, 0.5) is 0 Å². The van der Waals surface area contributed by atoms with Crippen molar-refractivity contribution in [2.24, 2.45) is 0 Å². The molecule has 4 nitrogen and oxygen atoms in total. The van der Waals surface area contributed by atoms with Crippen molar-refractivity contribution < 1.29 is 9.47 Å². The maximum absolute atomic E-state index is 5.81. The van der Waals surface area contributed by atoms with Crippen LogP contribution in [0.25, 0.3) is 127 Å². The van der Waals surface area contributed by atoms with Gasteiger partial charge in [-0.25, -0.2) is 9.97 Å². The van der Waals surface area contributed by atoms with Gasteiger partial charge in [0, 0.05) is 51.1 Å². The van der Waals surface area contributed by atoms with Gasteiger partial charge in [0.05, 0.1) is 35.0 Å². The van der Waals surface area contributed by atoms with E-state index in [1.807, 2.05) is 46.9 Å². The number of fused-ring (bicyclic) bond motifs is 13. The molecule has 7 heteroatoms. The first kappa shape index (κ1) is 36.5. The Bertz CT molecular complexity index is 3740. The molecular weight excluding hydrogens is 829 g/mol. The molecule has 0 bridgehead atoms. The highest BCUT2D eigenvalue weighted by atomic mass is 32.1. The third-order valence-corrected chi connectivity index (χ3v) is 16.1. The topological polar surface area (TPSA) is 44.2 Å². The summed E-state index contributed by atoms with van der Waals surface area (Å²) in [5.41, 5.74) is 10.3. The fraction of sp³-hybridized carbons (Fsp3) is 0.0357.